The van der Waals surface area contributed by atoms with Crippen LogP contribution in [0.3, 0.4) is 0 Å². The summed E-state index contributed by atoms with van der Waals surface area (Å²) in [6.07, 6.45) is 3.34. The zero-order chi connectivity index (χ0) is 12.0. The summed E-state index contributed by atoms with van der Waals surface area (Å²) in [5.41, 5.74) is 5.15. The smallest absolute Gasteiger partial charge is 0.305 e. The summed E-state index contributed by atoms with van der Waals surface area (Å²) in [4.78, 5) is 23.8. The van der Waals surface area contributed by atoms with Gasteiger partial charge in [-0.05, 0) is 26.3 Å². The molecular formula is C11H20N2O3. The van der Waals surface area contributed by atoms with Gasteiger partial charge >= 0.3 is 5.97 Å². The molecule has 1 fully saturated rings. The number of hydrogen-bond acceptors (Lipinski definition) is 4. The highest BCUT2D eigenvalue weighted by Crippen LogP contribution is 2.17. The van der Waals surface area contributed by atoms with E-state index in [0.29, 0.717) is 13.0 Å². The topological polar surface area (TPSA) is 72.4 Å². The van der Waals surface area contributed by atoms with Crippen molar-refractivity contribution in [3.8, 4) is 0 Å². The molecule has 0 aromatic carbocycles. The van der Waals surface area contributed by atoms with E-state index in [1.54, 1.807) is 0 Å². The maximum Gasteiger partial charge on any atom is 0.305 e. The monoisotopic (exact) mass is 228 g/mol. The van der Waals surface area contributed by atoms with E-state index in [4.69, 9.17) is 10.5 Å². The Bertz CT molecular complexity index is 256. The Kier molecular flexibility index (Phi) is 5.25. The fraction of sp³-hybridized carbons (Fsp3) is 0.818. The number of carbonyl (C=O) groups excluding carboxylic acids is 2. The van der Waals surface area contributed by atoms with E-state index in [-0.39, 0.29) is 17.9 Å². The molecule has 0 spiro atoms. The highest BCUT2D eigenvalue weighted by atomic mass is 16.5. The van der Waals surface area contributed by atoms with Crippen LogP contribution < -0.4 is 5.73 Å². The minimum atomic E-state index is -0.230. The van der Waals surface area contributed by atoms with Crippen molar-refractivity contribution in [2.45, 2.75) is 38.6 Å². The Morgan fingerprint density at radius 2 is 2.12 bits per heavy atom. The number of rotatable bonds is 8. The molecule has 5 nitrogen and oxygen atoms in total. The molecule has 2 N–H and O–H groups in total. The van der Waals surface area contributed by atoms with Crippen molar-refractivity contribution in [3.63, 3.8) is 0 Å². The van der Waals surface area contributed by atoms with E-state index in [1.807, 2.05) is 11.8 Å². The average molecular weight is 228 g/mol. The van der Waals surface area contributed by atoms with Crippen molar-refractivity contribution in [1.82, 2.24) is 4.90 Å². The number of nitrogens with zero attached hydrogens (tertiary/aromatic N) is 1. The summed E-state index contributed by atoms with van der Waals surface area (Å²) in [6, 6.07) is -0.0370. The van der Waals surface area contributed by atoms with Gasteiger partial charge in [0, 0.05) is 13.0 Å². The first kappa shape index (κ1) is 13.0. The molecule has 0 saturated carbocycles. The molecule has 0 aromatic heterocycles. The van der Waals surface area contributed by atoms with Crippen LogP contribution >= 0.6 is 0 Å². The third-order valence-corrected chi connectivity index (χ3v) is 2.67. The van der Waals surface area contributed by atoms with Crippen LogP contribution in [0.25, 0.3) is 0 Å². The molecular weight excluding hydrogens is 208 g/mol. The summed E-state index contributed by atoms with van der Waals surface area (Å²) >= 11 is 0. The van der Waals surface area contributed by atoms with Crippen LogP contribution in [0.2, 0.25) is 0 Å². The van der Waals surface area contributed by atoms with Gasteiger partial charge < -0.3 is 10.5 Å². The van der Waals surface area contributed by atoms with Crippen molar-refractivity contribution < 1.29 is 14.3 Å². The molecule has 1 rings (SSSR count). The van der Waals surface area contributed by atoms with Gasteiger partial charge in [0.05, 0.1) is 6.61 Å². The third-order valence-electron chi connectivity index (χ3n) is 2.67. The molecule has 0 radical (unpaired) electrons. The summed E-state index contributed by atoms with van der Waals surface area (Å²) in [6.45, 7) is 3.96. The Labute approximate surface area is 95.9 Å². The first-order chi connectivity index (χ1) is 7.65. The van der Waals surface area contributed by atoms with Crippen LogP contribution in [-0.2, 0) is 14.3 Å². The van der Waals surface area contributed by atoms with Crippen molar-refractivity contribution >= 4 is 11.9 Å². The van der Waals surface area contributed by atoms with E-state index in [1.165, 1.54) is 0 Å². The molecule has 0 aromatic rings. The standard InChI is InChI=1S/C11H20N2O3/c1-2-16-10(14)6-4-3-5-7-13-8-9(13)11(12)15/h9H,2-8H2,1H3,(H2,12,15)/t9-,13?/m0/s1. The second kappa shape index (κ2) is 6.48. The average Bonchev–Trinajstić information content (AvgIpc) is 2.97. The molecule has 16 heavy (non-hydrogen) atoms. The molecule has 0 aliphatic carbocycles. The molecule has 1 aliphatic rings. The molecule has 0 bridgehead atoms. The molecule has 92 valence electrons. The molecule has 1 unspecified atom stereocenters. The van der Waals surface area contributed by atoms with E-state index < -0.39 is 0 Å². The Morgan fingerprint density at radius 3 is 2.69 bits per heavy atom. The highest BCUT2D eigenvalue weighted by Gasteiger charge is 2.37. The molecule has 5 heteroatoms. The third kappa shape index (κ3) is 4.61. The normalized spacial score (nSPS) is 22.8. The molecule has 1 aliphatic heterocycles. The lowest BCUT2D eigenvalue weighted by Crippen LogP contribution is -2.22. The SMILES string of the molecule is CCOC(=O)CCCCCN1C[C@H]1C(N)=O. The summed E-state index contributed by atoms with van der Waals surface area (Å²) in [5.74, 6) is -0.351. The zero-order valence-corrected chi connectivity index (χ0v) is 9.78. The maximum atomic E-state index is 11.0. The molecule has 1 saturated heterocycles. The molecule has 1 amide bonds. The highest BCUT2D eigenvalue weighted by molar-refractivity contribution is 5.82. The summed E-state index contributed by atoms with van der Waals surface area (Å²) < 4.78 is 4.82. The van der Waals surface area contributed by atoms with Crippen molar-refractivity contribution in [1.29, 1.82) is 0 Å². The quantitative estimate of drug-likeness (QED) is 0.368. The minimum Gasteiger partial charge on any atom is -0.466 e. The lowest BCUT2D eigenvalue weighted by atomic mass is 10.2. The predicted octanol–water partition coefficient (Wildman–Crippen LogP) is 0.279. The Hall–Kier alpha value is -1.10. The number of hydrogen-bond donors (Lipinski definition) is 1. The van der Waals surface area contributed by atoms with Crippen LogP contribution in [0.4, 0.5) is 0 Å². The summed E-state index contributed by atoms with van der Waals surface area (Å²) in [7, 11) is 0. The predicted molar refractivity (Wildman–Crippen MR) is 59.7 cm³/mol. The Balaban J connectivity index is 1.90. The summed E-state index contributed by atoms with van der Waals surface area (Å²) in [5, 5.41) is 0. The van der Waals surface area contributed by atoms with Gasteiger partial charge in [-0.15, -0.1) is 0 Å². The van der Waals surface area contributed by atoms with Crippen LogP contribution in [0.5, 0.6) is 0 Å². The van der Waals surface area contributed by atoms with Crippen LogP contribution in [0.1, 0.15) is 32.6 Å². The number of amides is 1. The minimum absolute atomic E-state index is 0.0370. The van der Waals surface area contributed by atoms with Crippen LogP contribution in [0, 0.1) is 0 Å². The lowest BCUT2D eigenvalue weighted by Gasteiger charge is -2.03. The van der Waals surface area contributed by atoms with E-state index >= 15 is 0 Å². The van der Waals surface area contributed by atoms with E-state index in [9.17, 15) is 9.59 Å². The molecule has 2 atom stereocenters. The number of unbranched alkanes of at least 4 members (excludes halogenated alkanes) is 2. The van der Waals surface area contributed by atoms with Gasteiger partial charge in [0.1, 0.15) is 6.04 Å². The van der Waals surface area contributed by atoms with Gasteiger partial charge in [0.25, 0.3) is 0 Å². The van der Waals surface area contributed by atoms with Crippen molar-refractivity contribution in [2.24, 2.45) is 5.73 Å². The van der Waals surface area contributed by atoms with Crippen molar-refractivity contribution in [2.75, 3.05) is 19.7 Å². The zero-order valence-electron chi connectivity index (χ0n) is 9.78. The van der Waals surface area contributed by atoms with Gasteiger partial charge in [-0.2, -0.15) is 0 Å². The number of nitrogens with two attached hydrogens (primary N) is 1. The van der Waals surface area contributed by atoms with Gasteiger partial charge in [-0.25, -0.2) is 0 Å². The van der Waals surface area contributed by atoms with E-state index in [2.05, 4.69) is 0 Å². The van der Waals surface area contributed by atoms with E-state index in [0.717, 1.165) is 32.4 Å². The number of carbonyl (C=O) groups is 2. The number of esters is 1. The van der Waals surface area contributed by atoms with Gasteiger partial charge in [-0.3, -0.25) is 14.5 Å². The van der Waals surface area contributed by atoms with Crippen molar-refractivity contribution in [3.05, 3.63) is 0 Å². The number of ether oxygens (including phenoxy) is 1. The fourth-order valence-electron chi connectivity index (χ4n) is 1.69. The van der Waals surface area contributed by atoms with Gasteiger partial charge in [-0.1, -0.05) is 6.42 Å². The van der Waals surface area contributed by atoms with Crippen LogP contribution in [0.15, 0.2) is 0 Å². The van der Waals surface area contributed by atoms with Gasteiger partial charge in [0.15, 0.2) is 0 Å². The largest absolute Gasteiger partial charge is 0.466 e. The second-order valence-electron chi connectivity index (χ2n) is 4.03. The Morgan fingerprint density at radius 1 is 1.38 bits per heavy atom. The number of primary amides is 1. The van der Waals surface area contributed by atoms with Gasteiger partial charge in [0.2, 0.25) is 5.91 Å². The molecule has 1 heterocycles. The second-order valence-corrected chi connectivity index (χ2v) is 4.03. The fourth-order valence-corrected chi connectivity index (χ4v) is 1.69. The first-order valence-corrected chi connectivity index (χ1v) is 5.84. The van der Waals surface area contributed by atoms with Crippen LogP contribution in [-0.4, -0.2) is 42.5 Å². The first-order valence-electron chi connectivity index (χ1n) is 5.84. The maximum absolute atomic E-state index is 11.0. The lowest BCUT2D eigenvalue weighted by molar-refractivity contribution is -0.143.